The number of rotatable bonds is 4. The van der Waals surface area contributed by atoms with Gasteiger partial charge in [0.2, 0.25) is 0 Å². The van der Waals surface area contributed by atoms with Crippen LogP contribution in [0, 0.1) is 5.41 Å². The fourth-order valence-electron chi connectivity index (χ4n) is 2.91. The molecule has 0 saturated carbocycles. The lowest BCUT2D eigenvalue weighted by Crippen LogP contribution is -2.41. The van der Waals surface area contributed by atoms with E-state index in [0.717, 1.165) is 16.6 Å². The van der Waals surface area contributed by atoms with Crippen molar-refractivity contribution in [1.29, 1.82) is 0 Å². The molecular formula is C22H33BO3. The summed E-state index contributed by atoms with van der Waals surface area (Å²) in [5.74, 6) is 0. The second-order valence-electron chi connectivity index (χ2n) is 9.30. The van der Waals surface area contributed by atoms with Crippen LogP contribution in [-0.2, 0) is 9.31 Å². The fourth-order valence-corrected chi connectivity index (χ4v) is 2.91. The van der Waals surface area contributed by atoms with Crippen LogP contribution >= 0.6 is 0 Å². The maximum Gasteiger partial charge on any atom is 0.493 e. The third kappa shape index (κ3) is 4.88. The SMILES string of the molecule is C/C(=C\c1ccccc1)C(O)/C(=C/C(C)(C)C)B1OC(C)(C)C(C)(C)O1. The molecule has 1 aromatic rings. The second kappa shape index (κ2) is 7.34. The summed E-state index contributed by atoms with van der Waals surface area (Å²) in [4.78, 5) is 0. The molecule has 1 atom stereocenters. The van der Waals surface area contributed by atoms with Crippen LogP contribution in [0.1, 0.15) is 61.0 Å². The molecule has 4 heteroatoms. The number of hydrogen-bond acceptors (Lipinski definition) is 3. The maximum atomic E-state index is 11.1. The summed E-state index contributed by atoms with van der Waals surface area (Å²) in [6, 6.07) is 10.0. The first-order valence-corrected chi connectivity index (χ1v) is 9.32. The third-order valence-corrected chi connectivity index (χ3v) is 5.07. The van der Waals surface area contributed by atoms with Crippen LogP contribution in [-0.4, -0.2) is 29.5 Å². The van der Waals surface area contributed by atoms with E-state index in [4.69, 9.17) is 9.31 Å². The maximum absolute atomic E-state index is 11.1. The number of hydrogen-bond donors (Lipinski definition) is 1. The van der Waals surface area contributed by atoms with E-state index in [9.17, 15) is 5.11 Å². The van der Waals surface area contributed by atoms with Gasteiger partial charge in [0.05, 0.1) is 17.3 Å². The zero-order valence-electron chi connectivity index (χ0n) is 17.5. The number of allylic oxidation sites excluding steroid dienone is 1. The topological polar surface area (TPSA) is 38.7 Å². The molecule has 1 aromatic carbocycles. The Morgan fingerprint density at radius 2 is 1.54 bits per heavy atom. The average Bonchev–Trinajstić information content (AvgIpc) is 2.72. The summed E-state index contributed by atoms with van der Waals surface area (Å²) in [6.07, 6.45) is 3.32. The van der Waals surface area contributed by atoms with E-state index < -0.39 is 24.4 Å². The van der Waals surface area contributed by atoms with E-state index in [1.807, 2.05) is 71.0 Å². The van der Waals surface area contributed by atoms with Crippen LogP contribution in [0.3, 0.4) is 0 Å². The smallest absolute Gasteiger partial charge is 0.399 e. The van der Waals surface area contributed by atoms with Crippen molar-refractivity contribution in [2.75, 3.05) is 0 Å². The summed E-state index contributed by atoms with van der Waals surface area (Å²) in [6.45, 7) is 16.4. The van der Waals surface area contributed by atoms with Crippen molar-refractivity contribution in [3.63, 3.8) is 0 Å². The van der Waals surface area contributed by atoms with E-state index in [2.05, 4.69) is 26.8 Å². The quantitative estimate of drug-likeness (QED) is 0.767. The first-order chi connectivity index (χ1) is 11.8. The molecule has 142 valence electrons. The Kier molecular flexibility index (Phi) is 5.91. The van der Waals surface area contributed by atoms with Gasteiger partial charge in [0, 0.05) is 0 Å². The Morgan fingerprint density at radius 1 is 1.04 bits per heavy atom. The normalized spacial score (nSPS) is 21.8. The van der Waals surface area contributed by atoms with Gasteiger partial charge in [-0.05, 0) is 56.6 Å². The molecule has 0 bridgehead atoms. The predicted octanol–water partition coefficient (Wildman–Crippen LogP) is 5.05. The number of aliphatic hydroxyl groups is 1. The highest BCUT2D eigenvalue weighted by Crippen LogP contribution is 2.40. The standard InChI is InChI=1S/C22H33BO3/c1-16(14-17-12-10-9-11-13-17)19(24)18(15-20(2,3)4)23-25-21(5,6)22(7,8)26-23/h9-15,19,24H,1-8H3/b16-14+,18-15-. The molecule has 1 fully saturated rings. The Balaban J connectivity index is 2.37. The van der Waals surface area contributed by atoms with Gasteiger partial charge in [-0.25, -0.2) is 0 Å². The molecule has 1 unspecified atom stereocenters. The lowest BCUT2D eigenvalue weighted by Gasteiger charge is -2.32. The Labute approximate surface area is 159 Å². The van der Waals surface area contributed by atoms with Crippen LogP contribution < -0.4 is 0 Å². The highest BCUT2D eigenvalue weighted by Gasteiger charge is 2.53. The molecule has 0 amide bonds. The summed E-state index contributed by atoms with van der Waals surface area (Å²) in [5.41, 5.74) is 1.71. The van der Waals surface area contributed by atoms with Crippen LogP contribution in [0.4, 0.5) is 0 Å². The molecule has 0 spiro atoms. The van der Waals surface area contributed by atoms with E-state index in [-0.39, 0.29) is 5.41 Å². The molecule has 26 heavy (non-hydrogen) atoms. The molecule has 1 heterocycles. The lowest BCUT2D eigenvalue weighted by molar-refractivity contribution is 0.00578. The minimum absolute atomic E-state index is 0.104. The molecule has 0 aliphatic carbocycles. The Morgan fingerprint density at radius 3 is 2.00 bits per heavy atom. The fraction of sp³-hybridized carbons (Fsp3) is 0.545. The first kappa shape index (κ1) is 21.0. The first-order valence-electron chi connectivity index (χ1n) is 9.32. The predicted molar refractivity (Wildman–Crippen MR) is 110 cm³/mol. The van der Waals surface area contributed by atoms with Gasteiger partial charge < -0.3 is 14.4 Å². The Hall–Kier alpha value is -1.36. The lowest BCUT2D eigenvalue weighted by atomic mass is 9.70. The molecule has 0 aromatic heterocycles. The molecular weight excluding hydrogens is 323 g/mol. The van der Waals surface area contributed by atoms with E-state index >= 15 is 0 Å². The van der Waals surface area contributed by atoms with Gasteiger partial charge in [-0.15, -0.1) is 0 Å². The van der Waals surface area contributed by atoms with Crippen LogP contribution in [0.5, 0.6) is 0 Å². The van der Waals surface area contributed by atoms with E-state index in [1.54, 1.807) is 0 Å². The van der Waals surface area contributed by atoms with Crippen molar-refractivity contribution >= 4 is 13.2 Å². The van der Waals surface area contributed by atoms with Gasteiger partial charge in [0.1, 0.15) is 0 Å². The minimum atomic E-state index is -0.760. The zero-order chi connectivity index (χ0) is 19.8. The van der Waals surface area contributed by atoms with Crippen molar-refractivity contribution < 1.29 is 14.4 Å². The number of aliphatic hydroxyl groups excluding tert-OH is 1. The van der Waals surface area contributed by atoms with Gasteiger partial charge in [-0.1, -0.05) is 63.3 Å². The molecule has 2 rings (SSSR count). The minimum Gasteiger partial charge on any atom is -0.399 e. The van der Waals surface area contributed by atoms with E-state index in [1.165, 1.54) is 0 Å². The highest BCUT2D eigenvalue weighted by molar-refractivity contribution is 6.55. The van der Waals surface area contributed by atoms with Crippen LogP contribution in [0.15, 0.2) is 47.5 Å². The average molecular weight is 356 g/mol. The summed E-state index contributed by atoms with van der Waals surface area (Å²) >= 11 is 0. The molecule has 1 aliphatic heterocycles. The van der Waals surface area contributed by atoms with Crippen LogP contribution in [0.2, 0.25) is 0 Å². The molecule has 1 N–H and O–H groups in total. The van der Waals surface area contributed by atoms with Crippen molar-refractivity contribution in [2.24, 2.45) is 5.41 Å². The van der Waals surface area contributed by atoms with Gasteiger partial charge in [0.15, 0.2) is 0 Å². The number of benzene rings is 1. The van der Waals surface area contributed by atoms with Crippen LogP contribution in [0.25, 0.3) is 6.08 Å². The van der Waals surface area contributed by atoms with Gasteiger partial charge in [-0.3, -0.25) is 0 Å². The molecule has 1 saturated heterocycles. The van der Waals surface area contributed by atoms with Crippen molar-refractivity contribution in [3.8, 4) is 0 Å². The third-order valence-electron chi connectivity index (χ3n) is 5.07. The molecule has 0 radical (unpaired) electrons. The summed E-state index contributed by atoms with van der Waals surface area (Å²) < 4.78 is 12.4. The zero-order valence-corrected chi connectivity index (χ0v) is 17.5. The van der Waals surface area contributed by atoms with Crippen molar-refractivity contribution in [1.82, 2.24) is 0 Å². The van der Waals surface area contributed by atoms with Gasteiger partial charge >= 0.3 is 7.12 Å². The Bertz CT molecular complexity index is 665. The second-order valence-corrected chi connectivity index (χ2v) is 9.30. The summed E-state index contributed by atoms with van der Waals surface area (Å²) in [5, 5.41) is 11.1. The van der Waals surface area contributed by atoms with Gasteiger partial charge in [-0.2, -0.15) is 0 Å². The largest absolute Gasteiger partial charge is 0.493 e. The van der Waals surface area contributed by atoms with E-state index in [0.29, 0.717) is 0 Å². The monoisotopic (exact) mass is 356 g/mol. The summed E-state index contributed by atoms with van der Waals surface area (Å²) in [7, 11) is -0.562. The highest BCUT2D eigenvalue weighted by atomic mass is 16.7. The van der Waals surface area contributed by atoms with Gasteiger partial charge in [0.25, 0.3) is 0 Å². The molecule has 1 aliphatic rings. The van der Waals surface area contributed by atoms with Crippen molar-refractivity contribution in [3.05, 3.63) is 53.0 Å². The van der Waals surface area contributed by atoms with Crippen molar-refractivity contribution in [2.45, 2.75) is 72.7 Å². The molecule has 3 nitrogen and oxygen atoms in total.